The zero-order valence-corrected chi connectivity index (χ0v) is 13.1. The second-order valence-electron chi connectivity index (χ2n) is 5.32. The fraction of sp³-hybridized carbons (Fsp3) is 0.438. The Hall–Kier alpha value is -0.970. The van der Waals surface area contributed by atoms with Crippen LogP contribution in [-0.2, 0) is 14.3 Å². The number of rotatable bonds is 3. The van der Waals surface area contributed by atoms with Crippen molar-refractivity contribution in [1.82, 2.24) is 0 Å². The van der Waals surface area contributed by atoms with E-state index in [1.54, 1.807) is 14.2 Å². The predicted molar refractivity (Wildman–Crippen MR) is 79.5 cm³/mol. The van der Waals surface area contributed by atoms with Crippen molar-refractivity contribution in [2.45, 2.75) is 18.1 Å². The number of Topliss-reactive ketones (excluding diaryl/α,β-unsaturated/α-hetero) is 1. The van der Waals surface area contributed by atoms with Gasteiger partial charge in [0.15, 0.2) is 5.78 Å². The average Bonchev–Trinajstić information content (AvgIpc) is 2.50. The summed E-state index contributed by atoms with van der Waals surface area (Å²) >= 11 is 3.58. The molecule has 1 saturated carbocycles. The van der Waals surface area contributed by atoms with Crippen LogP contribution in [0.4, 0.5) is 0 Å². The first kappa shape index (κ1) is 14.0. The molecule has 3 aliphatic rings. The first-order chi connectivity index (χ1) is 9.64. The fourth-order valence-electron chi connectivity index (χ4n) is 3.53. The number of ketones is 1. The van der Waals surface area contributed by atoms with Crippen LogP contribution in [0.1, 0.15) is 17.9 Å². The van der Waals surface area contributed by atoms with Crippen LogP contribution in [0.15, 0.2) is 40.9 Å². The molecule has 4 rings (SSSR count). The highest BCUT2D eigenvalue weighted by Crippen LogP contribution is 2.54. The number of carbonyl (C=O) groups excluding carboxylic acids is 1. The maximum Gasteiger partial charge on any atom is 0.236 e. The number of hydrogen-bond acceptors (Lipinski definition) is 3. The molecule has 0 radical (unpaired) electrons. The van der Waals surface area contributed by atoms with Crippen LogP contribution in [0.25, 0.3) is 0 Å². The molecule has 3 aliphatic carbocycles. The molecule has 4 heteroatoms. The van der Waals surface area contributed by atoms with Gasteiger partial charge in [-0.3, -0.25) is 4.79 Å². The summed E-state index contributed by atoms with van der Waals surface area (Å²) < 4.78 is 12.0. The maximum absolute atomic E-state index is 12.8. The Morgan fingerprint density at radius 3 is 2.45 bits per heavy atom. The lowest BCUT2D eigenvalue weighted by atomic mass is 9.63. The van der Waals surface area contributed by atoms with Crippen LogP contribution in [-0.4, -0.2) is 25.8 Å². The van der Waals surface area contributed by atoms with Gasteiger partial charge in [-0.05, 0) is 17.9 Å². The van der Waals surface area contributed by atoms with E-state index in [4.69, 9.17) is 9.47 Å². The molecule has 1 fully saturated rings. The van der Waals surface area contributed by atoms with Gasteiger partial charge in [0.2, 0.25) is 5.79 Å². The van der Waals surface area contributed by atoms with Crippen molar-refractivity contribution in [3.8, 4) is 0 Å². The molecule has 0 unspecified atom stereocenters. The molecule has 0 saturated heterocycles. The summed E-state index contributed by atoms with van der Waals surface area (Å²) in [6.45, 7) is 0. The summed E-state index contributed by atoms with van der Waals surface area (Å²) in [7, 11) is 3.08. The first-order valence-electron chi connectivity index (χ1n) is 6.71. The van der Waals surface area contributed by atoms with Crippen LogP contribution < -0.4 is 0 Å². The largest absolute Gasteiger partial charge is 0.346 e. The van der Waals surface area contributed by atoms with E-state index < -0.39 is 5.79 Å². The molecule has 1 aromatic rings. The number of methoxy groups -OCH3 is 2. The number of carbonyl (C=O) groups is 1. The number of halogens is 1. The van der Waals surface area contributed by atoms with Gasteiger partial charge in [-0.2, -0.15) is 0 Å². The van der Waals surface area contributed by atoms with E-state index >= 15 is 0 Å². The zero-order chi connectivity index (χ0) is 14.3. The van der Waals surface area contributed by atoms with Crippen LogP contribution in [0.3, 0.4) is 0 Å². The Kier molecular flexibility index (Phi) is 3.56. The van der Waals surface area contributed by atoms with Gasteiger partial charge in [0, 0.05) is 24.6 Å². The monoisotopic (exact) mass is 336 g/mol. The molecule has 0 N–H and O–H groups in total. The zero-order valence-electron chi connectivity index (χ0n) is 11.5. The van der Waals surface area contributed by atoms with E-state index in [1.807, 2.05) is 24.3 Å². The normalized spacial score (nSPS) is 31.2. The van der Waals surface area contributed by atoms with Crippen molar-refractivity contribution in [3.63, 3.8) is 0 Å². The maximum atomic E-state index is 12.8. The van der Waals surface area contributed by atoms with E-state index in [1.165, 1.54) is 5.56 Å². The third-order valence-corrected chi connectivity index (χ3v) is 5.35. The van der Waals surface area contributed by atoms with Gasteiger partial charge in [-0.15, -0.1) is 0 Å². The molecular weight excluding hydrogens is 320 g/mol. The molecule has 3 nitrogen and oxygen atoms in total. The van der Waals surface area contributed by atoms with Gasteiger partial charge < -0.3 is 9.47 Å². The summed E-state index contributed by atoms with van der Waals surface area (Å²) in [6.07, 6.45) is 2.86. The van der Waals surface area contributed by atoms with Crippen LogP contribution in [0.2, 0.25) is 0 Å². The van der Waals surface area contributed by atoms with E-state index in [2.05, 4.69) is 28.1 Å². The quantitative estimate of drug-likeness (QED) is 0.795. The smallest absolute Gasteiger partial charge is 0.236 e. The Bertz CT molecular complexity index is 548. The van der Waals surface area contributed by atoms with Gasteiger partial charge in [0.05, 0.1) is 5.92 Å². The number of ether oxygens (including phenoxy) is 2. The highest BCUT2D eigenvalue weighted by atomic mass is 79.9. The van der Waals surface area contributed by atoms with Gasteiger partial charge in [-0.1, -0.05) is 52.3 Å². The van der Waals surface area contributed by atoms with Crippen molar-refractivity contribution in [2.75, 3.05) is 14.2 Å². The Balaban J connectivity index is 2.03. The Labute approximate surface area is 127 Å². The molecule has 20 heavy (non-hydrogen) atoms. The third kappa shape index (κ3) is 1.82. The van der Waals surface area contributed by atoms with Gasteiger partial charge in [0.25, 0.3) is 0 Å². The molecule has 0 amide bonds. The molecule has 0 heterocycles. The van der Waals surface area contributed by atoms with E-state index in [0.717, 1.165) is 10.9 Å². The van der Waals surface area contributed by atoms with Gasteiger partial charge in [-0.25, -0.2) is 0 Å². The van der Waals surface area contributed by atoms with Crippen molar-refractivity contribution < 1.29 is 14.3 Å². The summed E-state index contributed by atoms with van der Waals surface area (Å²) in [6, 6.07) is 10.2. The van der Waals surface area contributed by atoms with Crippen LogP contribution in [0.5, 0.6) is 0 Å². The summed E-state index contributed by atoms with van der Waals surface area (Å²) in [4.78, 5) is 12.8. The number of allylic oxidation sites excluding steroid dienone is 1. The molecule has 0 aromatic heterocycles. The van der Waals surface area contributed by atoms with E-state index in [-0.39, 0.29) is 23.5 Å². The minimum Gasteiger partial charge on any atom is -0.346 e. The Morgan fingerprint density at radius 1 is 1.20 bits per heavy atom. The van der Waals surface area contributed by atoms with Gasteiger partial charge in [0.1, 0.15) is 0 Å². The molecule has 2 bridgehead atoms. The van der Waals surface area contributed by atoms with Crippen LogP contribution >= 0.6 is 15.9 Å². The summed E-state index contributed by atoms with van der Waals surface area (Å²) in [5.41, 5.74) is 1.20. The lowest BCUT2D eigenvalue weighted by Crippen LogP contribution is -2.59. The van der Waals surface area contributed by atoms with Crippen LogP contribution in [0, 0.1) is 11.8 Å². The average molecular weight is 337 g/mol. The van der Waals surface area contributed by atoms with Crippen molar-refractivity contribution in [1.29, 1.82) is 0 Å². The summed E-state index contributed by atoms with van der Waals surface area (Å²) in [5, 5.41) is 0. The second kappa shape index (κ2) is 5.10. The lowest BCUT2D eigenvalue weighted by Gasteiger charge is -2.49. The number of hydrogen-bond donors (Lipinski definition) is 0. The molecule has 106 valence electrons. The minimum atomic E-state index is -1.14. The SMILES string of the molecule is COC1(OC)C(=O)[C@H]2C=C(Br)[C@@H]1C[C@@H]2c1ccccc1. The van der Waals surface area contributed by atoms with E-state index in [0.29, 0.717) is 0 Å². The van der Waals surface area contributed by atoms with E-state index in [9.17, 15) is 4.79 Å². The predicted octanol–water partition coefficient (Wildman–Crippen LogP) is 3.26. The molecule has 3 atom stereocenters. The first-order valence-corrected chi connectivity index (χ1v) is 7.50. The summed E-state index contributed by atoms with van der Waals surface area (Å²) in [5.74, 6) is -1.19. The Morgan fingerprint density at radius 2 is 1.85 bits per heavy atom. The number of benzene rings is 1. The van der Waals surface area contributed by atoms with Crippen molar-refractivity contribution >= 4 is 21.7 Å². The highest BCUT2D eigenvalue weighted by Gasteiger charge is 2.59. The van der Waals surface area contributed by atoms with Crippen molar-refractivity contribution in [2.24, 2.45) is 11.8 Å². The minimum absolute atomic E-state index is 0.0239. The standard InChI is InChI=1S/C16H17BrO3/c1-19-16(20-2)13-8-11(10-6-4-3-5-7-10)12(15(16)18)9-14(13)17/h3-7,9,11-13H,8H2,1-2H3/t11-,12+,13+/m1/s1. The topological polar surface area (TPSA) is 35.5 Å². The lowest BCUT2D eigenvalue weighted by molar-refractivity contribution is -0.237. The fourth-order valence-corrected chi connectivity index (χ4v) is 4.30. The van der Waals surface area contributed by atoms with Crippen molar-refractivity contribution in [3.05, 3.63) is 46.5 Å². The highest BCUT2D eigenvalue weighted by molar-refractivity contribution is 9.11. The van der Waals surface area contributed by atoms with Gasteiger partial charge >= 0.3 is 0 Å². The number of fused-ring (bicyclic) bond motifs is 2. The third-order valence-electron chi connectivity index (χ3n) is 4.53. The molecule has 1 aromatic carbocycles. The molecule has 0 aliphatic heterocycles. The molecule has 0 spiro atoms. The second-order valence-corrected chi connectivity index (χ2v) is 6.24. The molecular formula is C16H17BrO3.